The van der Waals surface area contributed by atoms with E-state index >= 15 is 0 Å². The highest BCUT2D eigenvalue weighted by Crippen LogP contribution is 2.18. The van der Waals surface area contributed by atoms with Crippen molar-refractivity contribution in [1.82, 2.24) is 20.1 Å². The molecule has 17 heavy (non-hydrogen) atoms. The van der Waals surface area contributed by atoms with E-state index in [0.717, 1.165) is 5.75 Å². The van der Waals surface area contributed by atoms with Crippen LogP contribution in [0.1, 0.15) is 20.3 Å². The Balaban J connectivity index is 2.57. The third-order valence-electron chi connectivity index (χ3n) is 2.67. The Bertz CT molecular complexity index is 460. The number of nitriles is 1. The van der Waals surface area contributed by atoms with Crippen molar-refractivity contribution >= 4 is 11.8 Å². The molecule has 7 heteroatoms. The van der Waals surface area contributed by atoms with E-state index in [4.69, 9.17) is 5.26 Å². The zero-order valence-corrected chi connectivity index (χ0v) is 11.1. The average Bonchev–Trinajstić information content (AvgIpc) is 2.69. The maximum absolute atomic E-state index is 11.3. The molecule has 0 fully saturated rings. The van der Waals surface area contributed by atoms with Crippen LogP contribution in [0.3, 0.4) is 0 Å². The lowest BCUT2D eigenvalue weighted by Gasteiger charge is -2.19. The van der Waals surface area contributed by atoms with Gasteiger partial charge in [-0.25, -0.2) is 9.89 Å². The van der Waals surface area contributed by atoms with Gasteiger partial charge in [0.25, 0.3) is 0 Å². The molecule has 0 radical (unpaired) electrons. The summed E-state index contributed by atoms with van der Waals surface area (Å²) in [5.74, 6) is 0.731. The van der Waals surface area contributed by atoms with Gasteiger partial charge < -0.3 is 5.32 Å². The zero-order chi connectivity index (χ0) is 12.9. The molecule has 1 aromatic heterocycles. The second-order valence-corrected chi connectivity index (χ2v) is 4.91. The van der Waals surface area contributed by atoms with Crippen molar-refractivity contribution in [3.05, 3.63) is 10.5 Å². The van der Waals surface area contributed by atoms with Gasteiger partial charge in [0.2, 0.25) is 0 Å². The van der Waals surface area contributed by atoms with E-state index in [1.54, 1.807) is 11.6 Å². The van der Waals surface area contributed by atoms with E-state index in [-0.39, 0.29) is 5.69 Å². The summed E-state index contributed by atoms with van der Waals surface area (Å²) in [6.45, 7) is 4.35. The third-order valence-corrected chi connectivity index (χ3v) is 3.65. The molecule has 94 valence electrons. The Kier molecular flexibility index (Phi) is 4.78. The summed E-state index contributed by atoms with van der Waals surface area (Å²) in [7, 11) is 1.77. The lowest BCUT2D eigenvalue weighted by molar-refractivity contribution is 0.479. The molecular formula is C10H17N5OS. The molecule has 1 heterocycles. The van der Waals surface area contributed by atoms with E-state index in [1.807, 2.05) is 13.8 Å². The van der Waals surface area contributed by atoms with E-state index in [1.165, 1.54) is 11.8 Å². The van der Waals surface area contributed by atoms with Crippen LogP contribution in [0, 0.1) is 11.3 Å². The zero-order valence-electron chi connectivity index (χ0n) is 10.3. The van der Waals surface area contributed by atoms with Crippen molar-refractivity contribution in [2.45, 2.75) is 37.5 Å². The number of nitrogens with one attached hydrogen (secondary N) is 2. The van der Waals surface area contributed by atoms with Crippen LogP contribution in [0.15, 0.2) is 9.95 Å². The number of thioether (sulfide) groups is 1. The molecule has 0 aromatic carbocycles. The molecule has 1 unspecified atom stereocenters. The van der Waals surface area contributed by atoms with Gasteiger partial charge in [0, 0.05) is 12.3 Å². The first kappa shape index (κ1) is 13.8. The van der Waals surface area contributed by atoms with Crippen LogP contribution < -0.4 is 11.0 Å². The highest BCUT2D eigenvalue weighted by Gasteiger charge is 2.21. The molecule has 0 saturated heterocycles. The maximum Gasteiger partial charge on any atom is 0.343 e. The molecule has 0 bridgehead atoms. The number of hydrogen-bond acceptors (Lipinski definition) is 5. The van der Waals surface area contributed by atoms with Crippen molar-refractivity contribution < 1.29 is 0 Å². The number of rotatable bonds is 6. The summed E-state index contributed by atoms with van der Waals surface area (Å²) < 4.78 is 1.58. The number of aromatic amines is 1. The minimum absolute atomic E-state index is 0.188. The van der Waals surface area contributed by atoms with Crippen LogP contribution in [0.5, 0.6) is 0 Å². The van der Waals surface area contributed by atoms with Gasteiger partial charge in [0.15, 0.2) is 5.16 Å². The van der Waals surface area contributed by atoms with Crippen molar-refractivity contribution in [2.24, 2.45) is 0 Å². The molecule has 0 aliphatic carbocycles. The van der Waals surface area contributed by atoms with Crippen LogP contribution in [-0.4, -0.2) is 33.1 Å². The Hall–Kier alpha value is -1.26. The molecular weight excluding hydrogens is 238 g/mol. The molecule has 0 amide bonds. The second kappa shape index (κ2) is 5.89. The number of H-pyrrole nitrogens is 1. The van der Waals surface area contributed by atoms with Crippen LogP contribution >= 0.6 is 11.8 Å². The first-order valence-electron chi connectivity index (χ1n) is 5.44. The van der Waals surface area contributed by atoms with Gasteiger partial charge in [-0.15, -0.1) is 5.10 Å². The largest absolute Gasteiger partial charge is 0.343 e. The van der Waals surface area contributed by atoms with E-state index < -0.39 is 5.54 Å². The van der Waals surface area contributed by atoms with Crippen LogP contribution in [0.4, 0.5) is 0 Å². The van der Waals surface area contributed by atoms with E-state index in [9.17, 15) is 4.79 Å². The Morgan fingerprint density at radius 2 is 2.41 bits per heavy atom. The Morgan fingerprint density at radius 1 is 1.71 bits per heavy atom. The highest BCUT2D eigenvalue weighted by molar-refractivity contribution is 7.99. The van der Waals surface area contributed by atoms with Crippen LogP contribution in [0.25, 0.3) is 0 Å². The molecule has 0 saturated carbocycles. The van der Waals surface area contributed by atoms with Crippen LogP contribution in [0.2, 0.25) is 0 Å². The Labute approximate surface area is 104 Å². The van der Waals surface area contributed by atoms with Gasteiger partial charge in [-0.1, -0.05) is 11.8 Å². The van der Waals surface area contributed by atoms with E-state index in [2.05, 4.69) is 21.6 Å². The minimum atomic E-state index is -0.527. The fraction of sp³-hybridized carbons (Fsp3) is 0.700. The van der Waals surface area contributed by atoms with Crippen molar-refractivity contribution in [3.8, 4) is 6.07 Å². The molecule has 0 spiro atoms. The molecule has 2 N–H and O–H groups in total. The summed E-state index contributed by atoms with van der Waals surface area (Å²) >= 11 is 1.48. The number of nitrogens with zero attached hydrogens (tertiary/aromatic N) is 3. The van der Waals surface area contributed by atoms with Crippen LogP contribution in [-0.2, 0) is 6.54 Å². The number of aromatic nitrogens is 3. The van der Waals surface area contributed by atoms with Gasteiger partial charge in [-0.3, -0.25) is 4.57 Å². The molecule has 1 atom stereocenters. The van der Waals surface area contributed by atoms with Crippen molar-refractivity contribution in [1.29, 1.82) is 5.26 Å². The van der Waals surface area contributed by atoms with Gasteiger partial charge in [-0.2, -0.15) is 5.26 Å². The topological polar surface area (TPSA) is 86.5 Å². The predicted octanol–water partition coefficient (Wildman–Crippen LogP) is 0.575. The minimum Gasteiger partial charge on any atom is -0.303 e. The SMILES string of the molecule is CCn1c(SCCC(C)(C#N)NC)n[nH]c1=O. The molecule has 1 aromatic rings. The fourth-order valence-electron chi connectivity index (χ4n) is 1.28. The summed E-state index contributed by atoms with van der Waals surface area (Å²) in [6, 6.07) is 2.23. The van der Waals surface area contributed by atoms with Gasteiger partial charge in [0.1, 0.15) is 5.54 Å². The normalized spacial score (nSPS) is 14.2. The fourth-order valence-corrected chi connectivity index (χ4v) is 2.45. The third kappa shape index (κ3) is 3.35. The monoisotopic (exact) mass is 255 g/mol. The molecule has 1 rings (SSSR count). The lowest BCUT2D eigenvalue weighted by Crippen LogP contribution is -2.38. The van der Waals surface area contributed by atoms with E-state index in [0.29, 0.717) is 18.1 Å². The molecule has 0 aliphatic heterocycles. The standard InChI is InChI=1S/C10H17N5OS/c1-4-15-8(16)13-14-9(15)17-6-5-10(2,7-11)12-3/h12H,4-6H2,1-3H3,(H,13,16). The second-order valence-electron chi connectivity index (χ2n) is 3.85. The van der Waals surface area contributed by atoms with Crippen molar-refractivity contribution in [3.63, 3.8) is 0 Å². The summed E-state index contributed by atoms with van der Waals surface area (Å²) in [4.78, 5) is 11.3. The molecule has 6 nitrogen and oxygen atoms in total. The van der Waals surface area contributed by atoms with Gasteiger partial charge in [0.05, 0.1) is 6.07 Å². The first-order chi connectivity index (χ1) is 8.06. The Morgan fingerprint density at radius 3 is 2.94 bits per heavy atom. The first-order valence-corrected chi connectivity index (χ1v) is 6.43. The predicted molar refractivity (Wildman–Crippen MR) is 66.9 cm³/mol. The average molecular weight is 255 g/mol. The smallest absolute Gasteiger partial charge is 0.303 e. The summed E-state index contributed by atoms with van der Waals surface area (Å²) in [6.07, 6.45) is 0.690. The van der Waals surface area contributed by atoms with Gasteiger partial charge >= 0.3 is 5.69 Å². The number of hydrogen-bond donors (Lipinski definition) is 2. The highest BCUT2D eigenvalue weighted by atomic mass is 32.2. The maximum atomic E-state index is 11.3. The van der Waals surface area contributed by atoms with Gasteiger partial charge in [-0.05, 0) is 27.3 Å². The quantitative estimate of drug-likeness (QED) is 0.726. The lowest BCUT2D eigenvalue weighted by atomic mass is 10.0. The molecule has 0 aliphatic rings. The summed E-state index contributed by atoms with van der Waals surface area (Å²) in [5.41, 5.74) is -0.715. The van der Waals surface area contributed by atoms with Crippen molar-refractivity contribution in [2.75, 3.05) is 12.8 Å². The summed E-state index contributed by atoms with van der Waals surface area (Å²) in [5, 5.41) is 19.0.